The second-order valence-corrected chi connectivity index (χ2v) is 9.02. The van der Waals surface area contributed by atoms with E-state index in [-0.39, 0.29) is 11.1 Å². The van der Waals surface area contributed by atoms with Gasteiger partial charge in [-0.3, -0.25) is 14.3 Å². The molecular formula is C29H18ClN7O. The van der Waals surface area contributed by atoms with Crippen molar-refractivity contribution >= 4 is 28.5 Å². The molecule has 6 rings (SSSR count). The van der Waals surface area contributed by atoms with E-state index in [4.69, 9.17) is 22.3 Å². The zero-order chi connectivity index (χ0) is 26.2. The van der Waals surface area contributed by atoms with Crippen LogP contribution in [0.1, 0.15) is 5.56 Å². The lowest BCUT2D eigenvalue weighted by Gasteiger charge is -2.10. The topological polar surface area (TPSA) is 126 Å². The molecule has 6 aromatic rings. The number of hydrogen-bond acceptors (Lipinski definition) is 6. The van der Waals surface area contributed by atoms with Crippen molar-refractivity contribution in [1.82, 2.24) is 24.5 Å². The number of anilines is 1. The van der Waals surface area contributed by atoms with Gasteiger partial charge in [-0.05, 0) is 54.6 Å². The molecule has 0 unspecified atom stereocenters. The first-order valence-electron chi connectivity index (χ1n) is 11.6. The maximum atomic E-state index is 13.2. The standard InChI is InChI=1S/C29H18ClN7O/c30-21-10-8-20(9-11-21)27-34-25-28(37(27)23-3-1-2-17(14-23)15-31)35-26(36-29(25)38)19-6-4-18(5-7-19)24-13-12-22(32)16-33-24/h1-14,16H,32H2,(H,35,36,38). The number of pyridine rings is 1. The van der Waals surface area contributed by atoms with E-state index in [1.165, 1.54) is 0 Å². The Balaban J connectivity index is 1.53. The van der Waals surface area contributed by atoms with Gasteiger partial charge in [0.2, 0.25) is 0 Å². The van der Waals surface area contributed by atoms with Gasteiger partial charge in [-0.25, -0.2) is 9.97 Å². The van der Waals surface area contributed by atoms with Gasteiger partial charge in [0.05, 0.1) is 34.9 Å². The lowest BCUT2D eigenvalue weighted by atomic mass is 10.1. The number of aromatic nitrogens is 5. The van der Waals surface area contributed by atoms with Crippen LogP contribution in [0.2, 0.25) is 5.02 Å². The lowest BCUT2D eigenvalue weighted by Crippen LogP contribution is -2.10. The van der Waals surface area contributed by atoms with Crippen molar-refractivity contribution in [3.05, 3.63) is 112 Å². The van der Waals surface area contributed by atoms with Gasteiger partial charge < -0.3 is 10.7 Å². The van der Waals surface area contributed by atoms with Gasteiger partial charge in [-0.15, -0.1) is 0 Å². The van der Waals surface area contributed by atoms with Crippen LogP contribution in [0, 0.1) is 11.3 Å². The molecule has 0 radical (unpaired) electrons. The van der Waals surface area contributed by atoms with E-state index in [0.717, 1.165) is 22.4 Å². The number of nitrogens with two attached hydrogens (primary N) is 1. The smallest absolute Gasteiger partial charge is 0.279 e. The van der Waals surface area contributed by atoms with Crippen LogP contribution in [0.25, 0.3) is 50.9 Å². The number of halogens is 1. The van der Waals surface area contributed by atoms with Crippen molar-refractivity contribution in [2.45, 2.75) is 0 Å². The Labute approximate surface area is 221 Å². The Bertz CT molecular complexity index is 1900. The van der Waals surface area contributed by atoms with Gasteiger partial charge in [-0.1, -0.05) is 41.9 Å². The molecule has 0 aliphatic carbocycles. The Morgan fingerprint density at radius 2 is 1.63 bits per heavy atom. The van der Waals surface area contributed by atoms with Crippen molar-refractivity contribution < 1.29 is 0 Å². The number of aromatic amines is 1. The number of nitriles is 1. The molecule has 0 saturated carbocycles. The SMILES string of the molecule is N#Cc1cccc(-n2c(-c3ccc(Cl)cc3)nc3c(=O)[nH]c(-c4ccc(-c5ccc(N)cn5)cc4)nc32)c1. The highest BCUT2D eigenvalue weighted by Gasteiger charge is 2.20. The van der Waals surface area contributed by atoms with E-state index in [2.05, 4.69) is 21.0 Å². The molecule has 3 heterocycles. The number of nitrogen functional groups attached to an aromatic ring is 1. The van der Waals surface area contributed by atoms with Gasteiger partial charge in [0.15, 0.2) is 11.2 Å². The summed E-state index contributed by atoms with van der Waals surface area (Å²) in [7, 11) is 0. The Hall–Kier alpha value is -5.26. The van der Waals surface area contributed by atoms with E-state index in [1.54, 1.807) is 47.2 Å². The molecule has 0 atom stereocenters. The fraction of sp³-hybridized carbons (Fsp3) is 0. The predicted molar refractivity (Wildman–Crippen MR) is 148 cm³/mol. The molecule has 182 valence electrons. The maximum Gasteiger partial charge on any atom is 0.279 e. The molecule has 0 fully saturated rings. The third kappa shape index (κ3) is 4.17. The van der Waals surface area contributed by atoms with Gasteiger partial charge in [0, 0.05) is 21.7 Å². The summed E-state index contributed by atoms with van der Waals surface area (Å²) in [5.41, 5.74) is 10.8. The van der Waals surface area contributed by atoms with Crippen LogP contribution >= 0.6 is 11.6 Å². The average molecular weight is 516 g/mol. The molecule has 0 bridgehead atoms. The van der Waals surface area contributed by atoms with Gasteiger partial charge in [-0.2, -0.15) is 5.26 Å². The number of hydrogen-bond donors (Lipinski definition) is 2. The molecule has 0 aliphatic rings. The highest BCUT2D eigenvalue weighted by molar-refractivity contribution is 6.30. The minimum Gasteiger partial charge on any atom is -0.397 e. The van der Waals surface area contributed by atoms with E-state index in [9.17, 15) is 10.1 Å². The monoisotopic (exact) mass is 515 g/mol. The quantitative estimate of drug-likeness (QED) is 0.314. The average Bonchev–Trinajstić information content (AvgIpc) is 3.34. The van der Waals surface area contributed by atoms with Gasteiger partial charge >= 0.3 is 0 Å². The third-order valence-corrected chi connectivity index (χ3v) is 6.35. The summed E-state index contributed by atoms with van der Waals surface area (Å²) >= 11 is 6.11. The maximum absolute atomic E-state index is 13.2. The van der Waals surface area contributed by atoms with Crippen molar-refractivity contribution in [3.63, 3.8) is 0 Å². The van der Waals surface area contributed by atoms with Crippen molar-refractivity contribution in [3.8, 4) is 45.8 Å². The summed E-state index contributed by atoms with van der Waals surface area (Å²) in [6.07, 6.45) is 1.61. The Morgan fingerprint density at radius 3 is 2.34 bits per heavy atom. The van der Waals surface area contributed by atoms with Crippen LogP contribution in [-0.2, 0) is 0 Å². The van der Waals surface area contributed by atoms with Crippen LogP contribution in [0.5, 0.6) is 0 Å². The highest BCUT2D eigenvalue weighted by Crippen LogP contribution is 2.29. The minimum atomic E-state index is -0.375. The van der Waals surface area contributed by atoms with Gasteiger partial charge in [0.1, 0.15) is 11.6 Å². The normalized spacial score (nSPS) is 10.9. The van der Waals surface area contributed by atoms with Crippen molar-refractivity contribution in [2.75, 3.05) is 5.73 Å². The number of rotatable bonds is 4. The number of benzene rings is 3. The van der Waals surface area contributed by atoms with E-state index >= 15 is 0 Å². The first kappa shape index (κ1) is 23.2. The molecule has 0 saturated heterocycles. The number of H-pyrrole nitrogens is 1. The zero-order valence-electron chi connectivity index (χ0n) is 19.8. The minimum absolute atomic E-state index is 0.184. The van der Waals surface area contributed by atoms with Crippen LogP contribution in [0.15, 0.2) is 95.9 Å². The molecule has 38 heavy (non-hydrogen) atoms. The number of nitrogens with zero attached hydrogens (tertiary/aromatic N) is 5. The largest absolute Gasteiger partial charge is 0.397 e. The number of fused-ring (bicyclic) bond motifs is 1. The zero-order valence-corrected chi connectivity index (χ0v) is 20.5. The molecule has 9 heteroatoms. The van der Waals surface area contributed by atoms with Crippen molar-refractivity contribution in [2.24, 2.45) is 0 Å². The second-order valence-electron chi connectivity index (χ2n) is 8.58. The number of imidazole rings is 1. The number of nitrogens with one attached hydrogen (secondary N) is 1. The molecule has 0 amide bonds. The first-order chi connectivity index (χ1) is 18.5. The van der Waals surface area contributed by atoms with E-state index in [0.29, 0.717) is 39.3 Å². The predicted octanol–water partition coefficient (Wildman–Crippen LogP) is 5.61. The molecule has 0 aliphatic heterocycles. The summed E-state index contributed by atoms with van der Waals surface area (Å²) in [6.45, 7) is 0. The molecule has 0 spiro atoms. The Kier molecular flexibility index (Phi) is 5.68. The third-order valence-electron chi connectivity index (χ3n) is 6.09. The fourth-order valence-electron chi connectivity index (χ4n) is 4.23. The van der Waals surface area contributed by atoms with Crippen molar-refractivity contribution in [1.29, 1.82) is 5.26 Å². The van der Waals surface area contributed by atoms with Gasteiger partial charge in [0.25, 0.3) is 5.56 Å². The van der Waals surface area contributed by atoms with Crippen LogP contribution in [0.4, 0.5) is 5.69 Å². The summed E-state index contributed by atoms with van der Waals surface area (Å²) in [5, 5.41) is 10.1. The summed E-state index contributed by atoms with van der Waals surface area (Å²) in [4.78, 5) is 29.9. The summed E-state index contributed by atoms with van der Waals surface area (Å²) in [5.74, 6) is 0.895. The fourth-order valence-corrected chi connectivity index (χ4v) is 4.36. The van der Waals surface area contributed by atoms with Crippen LogP contribution in [-0.4, -0.2) is 24.5 Å². The Morgan fingerprint density at radius 1 is 0.895 bits per heavy atom. The summed E-state index contributed by atoms with van der Waals surface area (Å²) in [6, 6.07) is 27.6. The lowest BCUT2D eigenvalue weighted by molar-refractivity contribution is 1.06. The molecular weight excluding hydrogens is 498 g/mol. The summed E-state index contributed by atoms with van der Waals surface area (Å²) < 4.78 is 1.78. The molecule has 3 N–H and O–H groups in total. The van der Waals surface area contributed by atoms with Crippen LogP contribution < -0.4 is 11.3 Å². The van der Waals surface area contributed by atoms with E-state index < -0.39 is 0 Å². The van der Waals surface area contributed by atoms with E-state index in [1.807, 2.05) is 48.5 Å². The highest BCUT2D eigenvalue weighted by atomic mass is 35.5. The molecule has 3 aromatic carbocycles. The van der Waals surface area contributed by atoms with Crippen LogP contribution in [0.3, 0.4) is 0 Å². The molecule has 3 aromatic heterocycles. The first-order valence-corrected chi connectivity index (χ1v) is 12.0. The second kappa shape index (κ2) is 9.32. The molecule has 8 nitrogen and oxygen atoms in total.